The molecule has 0 spiro atoms. The van der Waals surface area contributed by atoms with Crippen LogP contribution in [0, 0.1) is 11.8 Å². The highest BCUT2D eigenvalue weighted by Crippen LogP contribution is 2.37. The highest BCUT2D eigenvalue weighted by atomic mass is 14.8. The van der Waals surface area contributed by atoms with Crippen LogP contribution in [-0.2, 0) is 0 Å². The van der Waals surface area contributed by atoms with E-state index in [1.807, 2.05) is 12.2 Å². The SMILES string of the molecule is CC1(N)C=CC=CC1C1C=CC=CC1(C)N. The maximum Gasteiger partial charge on any atom is 0.0383 e. The van der Waals surface area contributed by atoms with Crippen LogP contribution >= 0.6 is 0 Å². The summed E-state index contributed by atoms with van der Waals surface area (Å²) in [6.45, 7) is 4.11. The van der Waals surface area contributed by atoms with Crippen molar-refractivity contribution in [3.8, 4) is 0 Å². The normalized spacial score (nSPS) is 46.2. The Bertz CT molecular complexity index is 346. The smallest absolute Gasteiger partial charge is 0.0383 e. The summed E-state index contributed by atoms with van der Waals surface area (Å²) in [5.74, 6) is 0.488. The molecule has 0 heterocycles. The van der Waals surface area contributed by atoms with Gasteiger partial charge in [0.15, 0.2) is 0 Å². The average Bonchev–Trinajstić information content (AvgIpc) is 2.18. The molecule has 2 aliphatic rings. The molecule has 4 N–H and O–H groups in total. The summed E-state index contributed by atoms with van der Waals surface area (Å²) in [6.07, 6.45) is 16.6. The molecule has 2 rings (SSSR count). The lowest BCUT2D eigenvalue weighted by atomic mass is 9.66. The van der Waals surface area contributed by atoms with Gasteiger partial charge in [-0.2, -0.15) is 0 Å². The highest BCUT2D eigenvalue weighted by molar-refractivity contribution is 5.31. The molecule has 4 unspecified atom stereocenters. The minimum absolute atomic E-state index is 0.244. The summed E-state index contributed by atoms with van der Waals surface area (Å²) in [5.41, 5.74) is 12.0. The molecule has 0 saturated heterocycles. The topological polar surface area (TPSA) is 52.0 Å². The van der Waals surface area contributed by atoms with Gasteiger partial charge in [0.25, 0.3) is 0 Å². The zero-order valence-electron chi connectivity index (χ0n) is 9.93. The van der Waals surface area contributed by atoms with Crippen molar-refractivity contribution in [3.63, 3.8) is 0 Å². The van der Waals surface area contributed by atoms with Gasteiger partial charge < -0.3 is 11.5 Å². The minimum atomic E-state index is -0.324. The zero-order valence-corrected chi connectivity index (χ0v) is 9.93. The fourth-order valence-corrected chi connectivity index (χ4v) is 2.54. The third kappa shape index (κ3) is 1.91. The molecule has 86 valence electrons. The first-order valence-electron chi connectivity index (χ1n) is 5.73. The first-order chi connectivity index (χ1) is 7.43. The van der Waals surface area contributed by atoms with Crippen LogP contribution in [0.1, 0.15) is 13.8 Å². The van der Waals surface area contributed by atoms with Crippen molar-refractivity contribution in [1.29, 1.82) is 0 Å². The van der Waals surface area contributed by atoms with Crippen LogP contribution in [0.15, 0.2) is 48.6 Å². The lowest BCUT2D eigenvalue weighted by Gasteiger charge is -2.43. The molecule has 0 aromatic rings. The fraction of sp³-hybridized carbons (Fsp3) is 0.429. The lowest BCUT2D eigenvalue weighted by molar-refractivity contribution is 0.264. The molecule has 0 aromatic carbocycles. The fourth-order valence-electron chi connectivity index (χ4n) is 2.54. The third-order valence-electron chi connectivity index (χ3n) is 3.59. The van der Waals surface area contributed by atoms with Gasteiger partial charge in [0.1, 0.15) is 0 Å². The molecular formula is C14H20N2. The third-order valence-corrected chi connectivity index (χ3v) is 3.59. The molecule has 0 saturated carbocycles. The van der Waals surface area contributed by atoms with E-state index in [1.165, 1.54) is 0 Å². The standard InChI is InChI=1S/C14H20N2/c1-13(15)9-5-3-7-11(13)12-8-4-6-10-14(12,2)16/h3-12H,15-16H2,1-2H3. The first-order valence-corrected chi connectivity index (χ1v) is 5.73. The van der Waals surface area contributed by atoms with Crippen molar-refractivity contribution in [2.75, 3.05) is 0 Å². The van der Waals surface area contributed by atoms with Crippen molar-refractivity contribution in [1.82, 2.24) is 0 Å². The summed E-state index contributed by atoms with van der Waals surface area (Å²) < 4.78 is 0. The van der Waals surface area contributed by atoms with Gasteiger partial charge in [0.2, 0.25) is 0 Å². The Morgan fingerprint density at radius 3 is 1.44 bits per heavy atom. The summed E-state index contributed by atoms with van der Waals surface area (Å²) in [4.78, 5) is 0. The molecule has 0 amide bonds. The summed E-state index contributed by atoms with van der Waals surface area (Å²) >= 11 is 0. The summed E-state index contributed by atoms with van der Waals surface area (Å²) in [5, 5.41) is 0. The largest absolute Gasteiger partial charge is 0.322 e. The van der Waals surface area contributed by atoms with E-state index < -0.39 is 0 Å². The van der Waals surface area contributed by atoms with Gasteiger partial charge in [-0.1, -0.05) is 48.6 Å². The predicted octanol–water partition coefficient (Wildman–Crippen LogP) is 1.91. The molecule has 2 nitrogen and oxygen atoms in total. The molecule has 2 heteroatoms. The van der Waals surface area contributed by atoms with Gasteiger partial charge in [-0.15, -0.1) is 0 Å². The van der Waals surface area contributed by atoms with Crippen LogP contribution in [0.4, 0.5) is 0 Å². The van der Waals surface area contributed by atoms with E-state index in [0.29, 0.717) is 0 Å². The van der Waals surface area contributed by atoms with Crippen molar-refractivity contribution in [2.45, 2.75) is 24.9 Å². The molecule has 0 fully saturated rings. The first kappa shape index (κ1) is 11.4. The summed E-state index contributed by atoms with van der Waals surface area (Å²) in [7, 11) is 0. The molecule has 0 bridgehead atoms. The second kappa shape index (κ2) is 3.72. The molecule has 0 aromatic heterocycles. The summed E-state index contributed by atoms with van der Waals surface area (Å²) in [6, 6.07) is 0. The lowest BCUT2D eigenvalue weighted by Crippen LogP contribution is -2.54. The number of rotatable bonds is 1. The molecular weight excluding hydrogens is 196 g/mol. The van der Waals surface area contributed by atoms with Gasteiger partial charge in [0, 0.05) is 22.9 Å². The molecule has 16 heavy (non-hydrogen) atoms. The van der Waals surface area contributed by atoms with Crippen molar-refractivity contribution >= 4 is 0 Å². The van der Waals surface area contributed by atoms with Gasteiger partial charge in [-0.05, 0) is 13.8 Å². The van der Waals surface area contributed by atoms with Crippen molar-refractivity contribution in [2.24, 2.45) is 23.3 Å². The second-order valence-electron chi connectivity index (χ2n) is 5.27. The number of allylic oxidation sites excluding steroid dienone is 4. The van der Waals surface area contributed by atoms with Crippen LogP contribution in [0.25, 0.3) is 0 Å². The van der Waals surface area contributed by atoms with Crippen LogP contribution in [0.5, 0.6) is 0 Å². The van der Waals surface area contributed by atoms with E-state index in [1.54, 1.807) is 0 Å². The van der Waals surface area contributed by atoms with Crippen molar-refractivity contribution < 1.29 is 0 Å². The Hall–Kier alpha value is -1.12. The van der Waals surface area contributed by atoms with Gasteiger partial charge in [0.05, 0.1) is 0 Å². The average molecular weight is 216 g/mol. The number of nitrogens with two attached hydrogens (primary N) is 2. The van der Waals surface area contributed by atoms with E-state index >= 15 is 0 Å². The molecule has 0 aliphatic heterocycles. The molecule has 0 radical (unpaired) electrons. The molecule has 2 aliphatic carbocycles. The van der Waals surface area contributed by atoms with Crippen LogP contribution in [-0.4, -0.2) is 11.1 Å². The minimum Gasteiger partial charge on any atom is -0.322 e. The van der Waals surface area contributed by atoms with Crippen molar-refractivity contribution in [3.05, 3.63) is 48.6 Å². The van der Waals surface area contributed by atoms with E-state index in [9.17, 15) is 0 Å². The van der Waals surface area contributed by atoms with E-state index in [4.69, 9.17) is 11.5 Å². The number of hydrogen-bond acceptors (Lipinski definition) is 2. The maximum atomic E-state index is 6.32. The monoisotopic (exact) mass is 216 g/mol. The van der Waals surface area contributed by atoms with Gasteiger partial charge >= 0.3 is 0 Å². The number of hydrogen-bond donors (Lipinski definition) is 2. The highest BCUT2D eigenvalue weighted by Gasteiger charge is 2.40. The Balaban J connectivity index is 2.32. The Morgan fingerprint density at radius 2 is 1.12 bits per heavy atom. The second-order valence-corrected chi connectivity index (χ2v) is 5.27. The predicted molar refractivity (Wildman–Crippen MR) is 68.7 cm³/mol. The van der Waals surface area contributed by atoms with Gasteiger partial charge in [-0.25, -0.2) is 0 Å². The van der Waals surface area contributed by atoms with E-state index in [0.717, 1.165) is 0 Å². The Labute approximate surface area is 97.4 Å². The molecule has 4 atom stereocenters. The maximum absolute atomic E-state index is 6.32. The van der Waals surface area contributed by atoms with Gasteiger partial charge in [-0.3, -0.25) is 0 Å². The quantitative estimate of drug-likeness (QED) is 0.703. The Morgan fingerprint density at radius 1 is 0.750 bits per heavy atom. The van der Waals surface area contributed by atoms with Crippen LogP contribution < -0.4 is 11.5 Å². The zero-order chi connectivity index (χ0) is 11.8. The van der Waals surface area contributed by atoms with Crippen LogP contribution in [0.3, 0.4) is 0 Å². The van der Waals surface area contributed by atoms with Crippen LogP contribution in [0.2, 0.25) is 0 Å². The van der Waals surface area contributed by atoms with E-state index in [-0.39, 0.29) is 22.9 Å². The van der Waals surface area contributed by atoms with E-state index in [2.05, 4.69) is 50.3 Å². The Kier molecular flexibility index (Phi) is 2.64.